The topological polar surface area (TPSA) is 47.6 Å². The first-order chi connectivity index (χ1) is 10.7. The highest BCUT2D eigenvalue weighted by molar-refractivity contribution is 6.55. The van der Waals surface area contributed by atoms with Gasteiger partial charge in [-0.2, -0.15) is 0 Å². The van der Waals surface area contributed by atoms with Crippen LogP contribution in [0, 0.1) is 5.82 Å². The Morgan fingerprint density at radius 1 is 1.17 bits per heavy atom. The second kappa shape index (κ2) is 6.55. The summed E-state index contributed by atoms with van der Waals surface area (Å²) < 4.78 is 25.7. The summed E-state index contributed by atoms with van der Waals surface area (Å²) in [5.41, 5.74) is 0.857. The van der Waals surface area contributed by atoms with Gasteiger partial charge in [0.1, 0.15) is 12.1 Å². The fraction of sp³-hybridized carbons (Fsp3) is 0.471. The molecule has 1 saturated heterocycles. The van der Waals surface area contributed by atoms with Crippen LogP contribution >= 0.6 is 0 Å². The van der Waals surface area contributed by atoms with Crippen LogP contribution in [0.1, 0.15) is 43.6 Å². The van der Waals surface area contributed by atoms with Crippen molar-refractivity contribution < 1.29 is 18.5 Å². The monoisotopic (exact) mass is 319 g/mol. The van der Waals surface area contributed by atoms with Crippen LogP contribution in [-0.2, 0) is 9.31 Å². The van der Waals surface area contributed by atoms with E-state index in [9.17, 15) is 9.18 Å². The Morgan fingerprint density at radius 3 is 2.26 bits per heavy atom. The van der Waals surface area contributed by atoms with E-state index in [2.05, 4.69) is 5.32 Å². The van der Waals surface area contributed by atoms with Gasteiger partial charge in [0.05, 0.1) is 11.2 Å². The Morgan fingerprint density at radius 2 is 1.74 bits per heavy atom. The normalized spacial score (nSPS) is 19.9. The van der Waals surface area contributed by atoms with Gasteiger partial charge >= 0.3 is 7.12 Å². The fourth-order valence-electron chi connectivity index (χ4n) is 2.40. The molecule has 0 atom stereocenters. The smallest absolute Gasteiger partial charge is 0.400 e. The average Bonchev–Trinajstić information content (AvgIpc) is 2.66. The largest absolute Gasteiger partial charge is 0.491 e. The molecule has 1 aromatic carbocycles. The molecule has 2 rings (SSSR count). The Kier molecular flexibility index (Phi) is 5.09. The Balaban J connectivity index is 2.36. The zero-order valence-corrected chi connectivity index (χ0v) is 14.3. The number of carbonyl (C=O) groups excluding carboxylic acids is 1. The van der Waals surface area contributed by atoms with E-state index in [1.165, 1.54) is 12.1 Å². The number of benzene rings is 1. The van der Waals surface area contributed by atoms with E-state index in [0.29, 0.717) is 24.0 Å². The van der Waals surface area contributed by atoms with Crippen LogP contribution in [0.2, 0.25) is 0 Å². The van der Waals surface area contributed by atoms with Crippen LogP contribution in [0.25, 0.3) is 6.08 Å². The van der Waals surface area contributed by atoms with Crippen LogP contribution in [0.3, 0.4) is 0 Å². The van der Waals surface area contributed by atoms with E-state index in [1.807, 2.05) is 34.7 Å². The van der Waals surface area contributed by atoms with Crippen molar-refractivity contribution in [2.45, 2.75) is 38.9 Å². The predicted octanol–water partition coefficient (Wildman–Crippen LogP) is 2.87. The van der Waals surface area contributed by atoms with Gasteiger partial charge in [0, 0.05) is 12.1 Å². The van der Waals surface area contributed by atoms with Crippen molar-refractivity contribution in [1.29, 1.82) is 0 Å². The summed E-state index contributed by atoms with van der Waals surface area (Å²) in [6.45, 7) is 8.46. The fourth-order valence-corrected chi connectivity index (χ4v) is 2.40. The third kappa shape index (κ3) is 3.89. The molecule has 1 aliphatic heterocycles. The second-order valence-corrected chi connectivity index (χ2v) is 6.77. The number of hydrogen-bond donors (Lipinski definition) is 1. The molecule has 0 aliphatic carbocycles. The van der Waals surface area contributed by atoms with Crippen LogP contribution in [-0.4, -0.2) is 38.2 Å². The summed E-state index contributed by atoms with van der Waals surface area (Å²) in [5, 5.41) is 3.07. The van der Waals surface area contributed by atoms with Crippen molar-refractivity contribution in [3.63, 3.8) is 0 Å². The highest BCUT2D eigenvalue weighted by atomic mass is 19.1. The van der Waals surface area contributed by atoms with Crippen LogP contribution in [0.5, 0.6) is 0 Å². The first kappa shape index (κ1) is 17.9. The maximum atomic E-state index is 13.6. The van der Waals surface area contributed by atoms with E-state index >= 15 is 0 Å². The summed E-state index contributed by atoms with van der Waals surface area (Å²) in [5.74, 6) is -0.446. The van der Waals surface area contributed by atoms with Crippen molar-refractivity contribution in [1.82, 2.24) is 5.32 Å². The van der Waals surface area contributed by atoms with Crippen molar-refractivity contribution in [3.05, 3.63) is 40.6 Å². The summed E-state index contributed by atoms with van der Waals surface area (Å²) in [7, 11) is 1.30. The molecule has 4 nitrogen and oxygen atoms in total. The molecule has 0 unspecified atom stereocenters. The van der Waals surface area contributed by atoms with Crippen molar-refractivity contribution in [3.8, 4) is 0 Å². The predicted molar refractivity (Wildman–Crippen MR) is 89.8 cm³/mol. The van der Waals surface area contributed by atoms with Gasteiger partial charge in [-0.25, -0.2) is 4.39 Å². The number of hydrogen-bond acceptors (Lipinski definition) is 4. The van der Waals surface area contributed by atoms with Gasteiger partial charge in [-0.05, 0) is 64.0 Å². The molecule has 1 N–H and O–H groups in total. The zero-order chi connectivity index (χ0) is 17.3. The summed E-state index contributed by atoms with van der Waals surface area (Å²) in [6, 6.07) is 4.22. The third-order valence-electron chi connectivity index (χ3n) is 4.37. The van der Waals surface area contributed by atoms with Crippen LogP contribution in [0.4, 0.5) is 4.39 Å². The average molecular weight is 319 g/mol. The highest BCUT2D eigenvalue weighted by Crippen LogP contribution is 2.38. The lowest BCUT2D eigenvalue weighted by atomic mass is 9.77. The van der Waals surface area contributed by atoms with Crippen molar-refractivity contribution >= 4 is 19.5 Å². The lowest BCUT2D eigenvalue weighted by Crippen LogP contribution is -2.41. The van der Waals surface area contributed by atoms with E-state index in [4.69, 9.17) is 9.31 Å². The number of carbonyl (C=O) groups is 1. The van der Waals surface area contributed by atoms with E-state index in [-0.39, 0.29) is 0 Å². The first-order valence-electron chi connectivity index (χ1n) is 7.65. The summed E-state index contributed by atoms with van der Waals surface area (Å²) in [6.07, 6.45) is 2.43. The molecule has 1 fully saturated rings. The molecule has 1 heterocycles. The van der Waals surface area contributed by atoms with Crippen molar-refractivity contribution in [2.24, 2.45) is 0 Å². The molecule has 0 bridgehead atoms. The van der Waals surface area contributed by atoms with Gasteiger partial charge < -0.3 is 14.6 Å². The Labute approximate surface area is 137 Å². The van der Waals surface area contributed by atoms with Gasteiger partial charge in [0.2, 0.25) is 0 Å². The molecule has 23 heavy (non-hydrogen) atoms. The highest BCUT2D eigenvalue weighted by Gasteiger charge is 2.52. The number of aldehydes is 1. The Hall–Kier alpha value is -1.50. The molecular formula is C17H23BFNO3. The number of nitrogens with one attached hydrogen (secondary N) is 1. The molecule has 6 heteroatoms. The van der Waals surface area contributed by atoms with E-state index in [1.54, 1.807) is 12.1 Å². The Bertz CT molecular complexity index is 612. The second-order valence-electron chi connectivity index (χ2n) is 6.77. The van der Waals surface area contributed by atoms with Crippen molar-refractivity contribution in [2.75, 3.05) is 13.6 Å². The maximum absolute atomic E-state index is 13.6. The van der Waals surface area contributed by atoms with E-state index in [0.717, 1.165) is 5.47 Å². The minimum atomic E-state index is -0.518. The van der Waals surface area contributed by atoms with Gasteiger partial charge in [0.15, 0.2) is 0 Å². The quantitative estimate of drug-likeness (QED) is 0.670. The summed E-state index contributed by atoms with van der Waals surface area (Å²) in [4.78, 5) is 10.9. The van der Waals surface area contributed by atoms with E-state index < -0.39 is 24.1 Å². The molecule has 124 valence electrons. The number of halogens is 1. The molecule has 1 aliphatic rings. The van der Waals surface area contributed by atoms with Crippen LogP contribution < -0.4 is 5.32 Å². The lowest BCUT2D eigenvalue weighted by Gasteiger charge is -2.32. The molecular weight excluding hydrogens is 296 g/mol. The minimum Gasteiger partial charge on any atom is -0.400 e. The molecule has 1 aromatic rings. The number of likely N-dealkylation sites (N-methyl/N-ethyl adjacent to an activating group) is 1. The molecule has 0 saturated carbocycles. The first-order valence-corrected chi connectivity index (χ1v) is 7.65. The lowest BCUT2D eigenvalue weighted by molar-refractivity contribution is 0.00578. The minimum absolute atomic E-state index is 0.300. The SMILES string of the molecule is CNCC(=Cc1cc(F)cc(C=O)c1)B1OC(C)(C)C(C)(C)O1. The third-order valence-corrected chi connectivity index (χ3v) is 4.37. The van der Waals surface area contributed by atoms with Gasteiger partial charge in [0.25, 0.3) is 0 Å². The standard InChI is InChI=1S/C17H23BFNO3/c1-16(2)17(3,4)23-18(22-16)14(10-20-5)7-12-6-13(11-21)9-15(19)8-12/h6-9,11,20H,10H2,1-5H3. The van der Waals surface area contributed by atoms with Gasteiger partial charge in [-0.3, -0.25) is 4.79 Å². The zero-order valence-electron chi connectivity index (χ0n) is 14.3. The molecule has 0 aromatic heterocycles. The van der Waals surface area contributed by atoms with Crippen LogP contribution in [0.15, 0.2) is 23.7 Å². The number of rotatable bonds is 5. The van der Waals surface area contributed by atoms with Gasteiger partial charge in [-0.1, -0.05) is 6.08 Å². The molecule has 0 radical (unpaired) electrons. The molecule has 0 amide bonds. The van der Waals surface area contributed by atoms with Gasteiger partial charge in [-0.15, -0.1) is 0 Å². The molecule has 0 spiro atoms. The summed E-state index contributed by atoms with van der Waals surface area (Å²) >= 11 is 0. The maximum Gasteiger partial charge on any atom is 0.491 e.